The van der Waals surface area contributed by atoms with Gasteiger partial charge in [0.2, 0.25) is 5.91 Å². The van der Waals surface area contributed by atoms with Crippen molar-refractivity contribution in [3.63, 3.8) is 0 Å². The number of hydrogen-bond acceptors (Lipinski definition) is 3. The molecule has 0 spiro atoms. The molecule has 0 aromatic heterocycles. The highest BCUT2D eigenvalue weighted by Crippen LogP contribution is 2.21. The predicted molar refractivity (Wildman–Crippen MR) is 112 cm³/mol. The number of halogens is 1. The first-order valence-corrected chi connectivity index (χ1v) is 9.71. The number of ether oxygens (including phenoxy) is 1. The van der Waals surface area contributed by atoms with E-state index in [0.717, 1.165) is 29.8 Å². The molecule has 1 saturated heterocycles. The minimum absolute atomic E-state index is 0.190. The number of hydrogen-bond donors (Lipinski definition) is 2. The van der Waals surface area contributed by atoms with Crippen LogP contribution >= 0.6 is 0 Å². The first-order valence-electron chi connectivity index (χ1n) is 9.71. The number of carbonyl (C=O) groups excluding carboxylic acids is 1. The average Bonchev–Trinajstić information content (AvgIpc) is 3.17. The molecular weight excluding hydrogens is 371 g/mol. The molecule has 2 N–H and O–H groups in total. The lowest BCUT2D eigenvalue weighted by molar-refractivity contribution is -0.117. The van der Waals surface area contributed by atoms with Gasteiger partial charge in [-0.15, -0.1) is 0 Å². The Morgan fingerprint density at radius 3 is 2.45 bits per heavy atom. The van der Waals surface area contributed by atoms with Crippen molar-refractivity contribution in [3.8, 4) is 0 Å². The second kappa shape index (κ2) is 10.0. The van der Waals surface area contributed by atoms with Crippen LogP contribution in [-0.4, -0.2) is 32.6 Å². The van der Waals surface area contributed by atoms with E-state index in [2.05, 4.69) is 15.6 Å². The van der Waals surface area contributed by atoms with Crippen molar-refractivity contribution in [2.24, 2.45) is 4.99 Å². The zero-order valence-corrected chi connectivity index (χ0v) is 16.9. The number of anilines is 1. The Morgan fingerprint density at radius 2 is 1.83 bits per heavy atom. The number of nitrogens with one attached hydrogen (secondary N) is 2. The monoisotopic (exact) mass is 398 g/mol. The van der Waals surface area contributed by atoms with Crippen LogP contribution in [0.2, 0.25) is 0 Å². The fourth-order valence-corrected chi connectivity index (χ4v) is 3.31. The lowest BCUT2D eigenvalue weighted by atomic mass is 10.1. The summed E-state index contributed by atoms with van der Waals surface area (Å²) >= 11 is 0. The van der Waals surface area contributed by atoms with Crippen LogP contribution in [-0.2, 0) is 29.2 Å². The molecule has 0 unspecified atom stereocenters. The Balaban J connectivity index is 1.51. The molecule has 154 valence electrons. The van der Waals surface area contributed by atoms with Crippen LogP contribution in [0, 0.1) is 5.82 Å². The van der Waals surface area contributed by atoms with Crippen molar-refractivity contribution in [1.82, 2.24) is 10.6 Å². The molecule has 0 radical (unpaired) electrons. The van der Waals surface area contributed by atoms with Gasteiger partial charge in [0.05, 0.1) is 6.61 Å². The summed E-state index contributed by atoms with van der Waals surface area (Å²) < 4.78 is 18.7. The SMILES string of the molecule is CN=C(NCc1ccc(N2CCCC2=O)cc1)NCc1ccc(F)c(COC)c1. The van der Waals surface area contributed by atoms with Crippen LogP contribution in [0.3, 0.4) is 0 Å². The smallest absolute Gasteiger partial charge is 0.227 e. The second-order valence-corrected chi connectivity index (χ2v) is 6.95. The lowest BCUT2D eigenvalue weighted by Gasteiger charge is -2.16. The third kappa shape index (κ3) is 5.54. The molecule has 29 heavy (non-hydrogen) atoms. The molecule has 1 fully saturated rings. The number of aliphatic imine (C=N–C) groups is 1. The van der Waals surface area contributed by atoms with E-state index in [0.29, 0.717) is 31.0 Å². The molecule has 0 atom stereocenters. The Hall–Kier alpha value is -2.93. The molecule has 7 heteroatoms. The van der Waals surface area contributed by atoms with Gasteiger partial charge in [-0.2, -0.15) is 0 Å². The number of nitrogens with zero attached hydrogens (tertiary/aromatic N) is 2. The second-order valence-electron chi connectivity index (χ2n) is 6.95. The minimum Gasteiger partial charge on any atom is -0.380 e. The van der Waals surface area contributed by atoms with Crippen molar-refractivity contribution in [1.29, 1.82) is 0 Å². The summed E-state index contributed by atoms with van der Waals surface area (Å²) in [6.45, 7) is 2.16. The Labute approximate surface area is 170 Å². The first-order chi connectivity index (χ1) is 14.1. The number of amides is 1. The largest absolute Gasteiger partial charge is 0.380 e. The third-order valence-corrected chi connectivity index (χ3v) is 4.87. The summed E-state index contributed by atoms with van der Waals surface area (Å²) in [5, 5.41) is 6.49. The molecule has 3 rings (SSSR count). The molecule has 0 aliphatic carbocycles. The molecule has 6 nitrogen and oxygen atoms in total. The number of benzene rings is 2. The van der Waals surface area contributed by atoms with Crippen molar-refractivity contribution in [3.05, 3.63) is 65.0 Å². The Bertz CT molecular complexity index is 868. The van der Waals surface area contributed by atoms with E-state index >= 15 is 0 Å². The van der Waals surface area contributed by atoms with Crippen LogP contribution in [0.25, 0.3) is 0 Å². The fourth-order valence-electron chi connectivity index (χ4n) is 3.31. The van der Waals surface area contributed by atoms with E-state index in [-0.39, 0.29) is 18.3 Å². The van der Waals surface area contributed by atoms with Gasteiger partial charge in [-0.25, -0.2) is 4.39 Å². The van der Waals surface area contributed by atoms with Gasteiger partial charge < -0.3 is 20.3 Å². The molecule has 1 amide bonds. The average molecular weight is 398 g/mol. The van der Waals surface area contributed by atoms with Gasteiger partial charge in [0.25, 0.3) is 0 Å². The van der Waals surface area contributed by atoms with Gasteiger partial charge in [-0.1, -0.05) is 18.2 Å². The van der Waals surface area contributed by atoms with Gasteiger partial charge >= 0.3 is 0 Å². The topological polar surface area (TPSA) is 66.0 Å². The van der Waals surface area contributed by atoms with E-state index in [1.54, 1.807) is 26.3 Å². The van der Waals surface area contributed by atoms with Gasteiger partial charge in [-0.05, 0) is 41.8 Å². The molecule has 1 aliphatic rings. The van der Waals surface area contributed by atoms with Crippen LogP contribution < -0.4 is 15.5 Å². The number of guanidine groups is 1. The normalized spacial score (nSPS) is 14.4. The predicted octanol–water partition coefficient (Wildman–Crippen LogP) is 2.96. The minimum atomic E-state index is -0.266. The Morgan fingerprint density at radius 1 is 1.14 bits per heavy atom. The van der Waals surface area contributed by atoms with Crippen molar-refractivity contribution < 1.29 is 13.9 Å². The van der Waals surface area contributed by atoms with Crippen LogP contribution in [0.4, 0.5) is 10.1 Å². The zero-order valence-electron chi connectivity index (χ0n) is 16.9. The quantitative estimate of drug-likeness (QED) is 0.556. The van der Waals surface area contributed by atoms with E-state index in [1.165, 1.54) is 6.07 Å². The summed E-state index contributed by atoms with van der Waals surface area (Å²) in [5.41, 5.74) is 3.52. The maximum absolute atomic E-state index is 13.7. The summed E-state index contributed by atoms with van der Waals surface area (Å²) in [7, 11) is 3.25. The summed E-state index contributed by atoms with van der Waals surface area (Å²) in [6, 6.07) is 13.0. The van der Waals surface area contributed by atoms with Crippen molar-refractivity contribution >= 4 is 17.6 Å². The highest BCUT2D eigenvalue weighted by atomic mass is 19.1. The fraction of sp³-hybridized carbons (Fsp3) is 0.364. The number of rotatable bonds is 7. The lowest BCUT2D eigenvalue weighted by Crippen LogP contribution is -2.36. The van der Waals surface area contributed by atoms with Gasteiger partial charge in [0.15, 0.2) is 5.96 Å². The van der Waals surface area contributed by atoms with Gasteiger partial charge in [0, 0.05) is 51.5 Å². The van der Waals surface area contributed by atoms with Gasteiger partial charge in [-0.3, -0.25) is 9.79 Å². The van der Waals surface area contributed by atoms with E-state index in [1.807, 2.05) is 29.2 Å². The van der Waals surface area contributed by atoms with Crippen LogP contribution in [0.15, 0.2) is 47.5 Å². The van der Waals surface area contributed by atoms with E-state index in [9.17, 15) is 9.18 Å². The van der Waals surface area contributed by atoms with E-state index in [4.69, 9.17) is 4.74 Å². The highest BCUT2D eigenvalue weighted by molar-refractivity contribution is 5.95. The molecule has 1 heterocycles. The molecular formula is C22H27FN4O2. The highest BCUT2D eigenvalue weighted by Gasteiger charge is 2.21. The van der Waals surface area contributed by atoms with Gasteiger partial charge in [0.1, 0.15) is 5.82 Å². The molecule has 1 aliphatic heterocycles. The summed E-state index contributed by atoms with van der Waals surface area (Å²) in [4.78, 5) is 17.9. The molecule has 2 aromatic carbocycles. The summed E-state index contributed by atoms with van der Waals surface area (Å²) in [6.07, 6.45) is 1.55. The molecule has 0 bridgehead atoms. The van der Waals surface area contributed by atoms with Crippen molar-refractivity contribution in [2.45, 2.75) is 32.5 Å². The standard InChI is InChI=1S/C22H27FN4O2/c1-24-22(26-14-17-7-10-20(23)18(12-17)15-29-2)25-13-16-5-8-19(9-6-16)27-11-3-4-21(27)28/h5-10,12H,3-4,11,13-15H2,1-2H3,(H2,24,25,26). The molecule has 0 saturated carbocycles. The number of carbonyl (C=O) groups is 1. The van der Waals surface area contributed by atoms with Crippen LogP contribution in [0.5, 0.6) is 0 Å². The third-order valence-electron chi connectivity index (χ3n) is 4.87. The Kier molecular flexibility index (Phi) is 7.19. The summed E-state index contributed by atoms with van der Waals surface area (Å²) in [5.74, 6) is 0.577. The first kappa shape index (κ1) is 20.8. The van der Waals surface area contributed by atoms with Crippen molar-refractivity contribution in [2.75, 3.05) is 25.6 Å². The number of methoxy groups -OCH3 is 1. The maximum atomic E-state index is 13.7. The molecule has 2 aromatic rings. The zero-order chi connectivity index (χ0) is 20.6. The van der Waals surface area contributed by atoms with Crippen LogP contribution in [0.1, 0.15) is 29.5 Å². The maximum Gasteiger partial charge on any atom is 0.227 e. The van der Waals surface area contributed by atoms with E-state index < -0.39 is 0 Å².